The first-order valence-corrected chi connectivity index (χ1v) is 6.82. The third kappa shape index (κ3) is 4.10. The number of carbonyl (C=O) groups is 1. The molecule has 1 aliphatic rings. The largest absolute Gasteiger partial charge is 0.444 e. The number of aromatic nitrogens is 1. The number of pyridine rings is 1. The van der Waals surface area contributed by atoms with Gasteiger partial charge in [0.25, 0.3) is 0 Å². The minimum atomic E-state index is -0.457. The predicted octanol–water partition coefficient (Wildman–Crippen LogP) is 3.51. The summed E-state index contributed by atoms with van der Waals surface area (Å²) < 4.78 is 5.22. The highest BCUT2D eigenvalue weighted by Crippen LogP contribution is 2.36. The van der Waals surface area contributed by atoms with Crippen molar-refractivity contribution in [2.75, 3.05) is 0 Å². The fourth-order valence-corrected chi connectivity index (χ4v) is 2.26. The highest BCUT2D eigenvalue weighted by Gasteiger charge is 2.33. The third-order valence-electron chi connectivity index (χ3n) is 3.02. The van der Waals surface area contributed by atoms with Gasteiger partial charge in [-0.15, -0.1) is 0 Å². The van der Waals surface area contributed by atoms with Gasteiger partial charge in [0.2, 0.25) is 0 Å². The van der Waals surface area contributed by atoms with Gasteiger partial charge in [-0.1, -0.05) is 11.6 Å². The van der Waals surface area contributed by atoms with Gasteiger partial charge in [0.15, 0.2) is 0 Å². The van der Waals surface area contributed by atoms with Gasteiger partial charge in [-0.05, 0) is 45.7 Å². The molecule has 104 valence electrons. The number of alkyl carbamates (subject to hydrolysis) is 1. The molecule has 5 heteroatoms. The Hall–Kier alpha value is -1.29. The summed E-state index contributed by atoms with van der Waals surface area (Å²) in [5, 5.41) is 3.57. The lowest BCUT2D eigenvalue weighted by atomic mass is 9.78. The van der Waals surface area contributed by atoms with Crippen LogP contribution in [0.2, 0.25) is 5.02 Å². The van der Waals surface area contributed by atoms with Crippen molar-refractivity contribution in [3.05, 3.63) is 29.0 Å². The molecular formula is C14H19ClN2O2. The molecule has 0 spiro atoms. The van der Waals surface area contributed by atoms with E-state index < -0.39 is 5.60 Å². The Morgan fingerprint density at radius 3 is 2.74 bits per heavy atom. The van der Waals surface area contributed by atoms with Gasteiger partial charge in [0, 0.05) is 28.9 Å². The fourth-order valence-electron chi connectivity index (χ4n) is 2.10. The van der Waals surface area contributed by atoms with Gasteiger partial charge in [-0.25, -0.2) is 4.79 Å². The van der Waals surface area contributed by atoms with Gasteiger partial charge in [-0.3, -0.25) is 4.98 Å². The van der Waals surface area contributed by atoms with Crippen LogP contribution in [0.1, 0.15) is 45.2 Å². The monoisotopic (exact) mass is 282 g/mol. The van der Waals surface area contributed by atoms with E-state index in [9.17, 15) is 4.79 Å². The molecule has 1 aromatic rings. The second kappa shape index (κ2) is 5.37. The van der Waals surface area contributed by atoms with Crippen LogP contribution in [-0.4, -0.2) is 22.7 Å². The Morgan fingerprint density at radius 1 is 1.47 bits per heavy atom. The Bertz CT molecular complexity index is 465. The Morgan fingerprint density at radius 2 is 2.16 bits per heavy atom. The molecule has 1 saturated carbocycles. The van der Waals surface area contributed by atoms with Crippen LogP contribution in [0.25, 0.3) is 0 Å². The second-order valence-electron chi connectivity index (χ2n) is 5.91. The SMILES string of the molecule is CC(C)(C)OC(=O)N[C@H]1C[C@@H](c2cc(Cl)ccn2)C1. The molecule has 0 unspecified atom stereocenters. The summed E-state index contributed by atoms with van der Waals surface area (Å²) in [6.45, 7) is 5.56. The van der Waals surface area contributed by atoms with E-state index >= 15 is 0 Å². The zero-order valence-corrected chi connectivity index (χ0v) is 12.2. The van der Waals surface area contributed by atoms with Crippen LogP contribution >= 0.6 is 11.6 Å². The number of rotatable bonds is 2. The third-order valence-corrected chi connectivity index (χ3v) is 3.26. The number of hydrogen-bond donors (Lipinski definition) is 1. The maximum Gasteiger partial charge on any atom is 0.407 e. The molecule has 2 rings (SSSR count). The topological polar surface area (TPSA) is 51.2 Å². The number of nitrogens with one attached hydrogen (secondary N) is 1. The summed E-state index contributed by atoms with van der Waals surface area (Å²) in [6, 6.07) is 3.82. The molecule has 1 heterocycles. The van der Waals surface area contributed by atoms with Crippen LogP contribution in [0.3, 0.4) is 0 Å². The normalized spacial score (nSPS) is 22.5. The van der Waals surface area contributed by atoms with Crippen LogP contribution in [0, 0.1) is 0 Å². The molecule has 0 atom stereocenters. The van der Waals surface area contributed by atoms with Crippen molar-refractivity contribution in [1.82, 2.24) is 10.3 Å². The highest BCUT2D eigenvalue weighted by atomic mass is 35.5. The number of carbonyl (C=O) groups excluding carboxylic acids is 1. The summed E-state index contributed by atoms with van der Waals surface area (Å²) in [6.07, 6.45) is 3.13. The van der Waals surface area contributed by atoms with Crippen LogP contribution in [0.4, 0.5) is 4.79 Å². The van der Waals surface area contributed by atoms with E-state index in [1.54, 1.807) is 12.3 Å². The van der Waals surface area contributed by atoms with Crippen molar-refractivity contribution in [3.8, 4) is 0 Å². The van der Waals surface area contributed by atoms with Crippen molar-refractivity contribution in [1.29, 1.82) is 0 Å². The van der Waals surface area contributed by atoms with E-state index in [4.69, 9.17) is 16.3 Å². The minimum absolute atomic E-state index is 0.167. The van der Waals surface area contributed by atoms with E-state index in [0.717, 1.165) is 18.5 Å². The number of ether oxygens (including phenoxy) is 1. The molecular weight excluding hydrogens is 264 g/mol. The molecule has 1 fully saturated rings. The zero-order valence-electron chi connectivity index (χ0n) is 11.4. The van der Waals surface area contributed by atoms with Crippen LogP contribution < -0.4 is 5.32 Å². The lowest BCUT2D eigenvalue weighted by molar-refractivity contribution is 0.0470. The predicted molar refractivity (Wildman–Crippen MR) is 74.4 cm³/mol. The van der Waals surface area contributed by atoms with Crippen LogP contribution in [0.15, 0.2) is 18.3 Å². The van der Waals surface area contributed by atoms with Gasteiger partial charge < -0.3 is 10.1 Å². The van der Waals surface area contributed by atoms with Gasteiger partial charge >= 0.3 is 6.09 Å². The molecule has 0 aromatic carbocycles. The van der Waals surface area contributed by atoms with E-state index in [0.29, 0.717) is 10.9 Å². The summed E-state index contributed by atoms with van der Waals surface area (Å²) in [7, 11) is 0. The lowest BCUT2D eigenvalue weighted by Gasteiger charge is -2.35. The zero-order chi connectivity index (χ0) is 14.0. The van der Waals surface area contributed by atoms with Crippen molar-refractivity contribution >= 4 is 17.7 Å². The number of halogens is 1. The maximum atomic E-state index is 11.6. The molecule has 19 heavy (non-hydrogen) atoms. The van der Waals surface area contributed by atoms with E-state index in [2.05, 4.69) is 10.3 Å². The summed E-state index contributed by atoms with van der Waals surface area (Å²) >= 11 is 5.93. The highest BCUT2D eigenvalue weighted by molar-refractivity contribution is 6.30. The Labute approximate surface area is 118 Å². The van der Waals surface area contributed by atoms with Crippen molar-refractivity contribution < 1.29 is 9.53 Å². The molecule has 1 amide bonds. The molecule has 1 aromatic heterocycles. The van der Waals surface area contributed by atoms with Crippen molar-refractivity contribution in [2.45, 2.75) is 51.2 Å². The molecule has 4 nitrogen and oxygen atoms in total. The molecule has 1 N–H and O–H groups in total. The van der Waals surface area contributed by atoms with Gasteiger partial charge in [0.1, 0.15) is 5.60 Å². The van der Waals surface area contributed by atoms with E-state index in [-0.39, 0.29) is 12.1 Å². The summed E-state index contributed by atoms with van der Waals surface area (Å²) in [5.74, 6) is 0.374. The molecule has 0 radical (unpaired) electrons. The molecule has 0 bridgehead atoms. The first-order valence-electron chi connectivity index (χ1n) is 6.44. The lowest BCUT2D eigenvalue weighted by Crippen LogP contribution is -2.45. The maximum absolute atomic E-state index is 11.6. The van der Waals surface area contributed by atoms with Crippen LogP contribution in [-0.2, 0) is 4.74 Å². The summed E-state index contributed by atoms with van der Waals surface area (Å²) in [4.78, 5) is 15.9. The van der Waals surface area contributed by atoms with Gasteiger partial charge in [0.05, 0.1) is 0 Å². The summed E-state index contributed by atoms with van der Waals surface area (Å²) in [5.41, 5.74) is 0.539. The number of amides is 1. The second-order valence-corrected chi connectivity index (χ2v) is 6.35. The minimum Gasteiger partial charge on any atom is -0.444 e. The van der Waals surface area contributed by atoms with Crippen molar-refractivity contribution in [3.63, 3.8) is 0 Å². The number of nitrogens with zero attached hydrogens (tertiary/aromatic N) is 1. The average Bonchev–Trinajstić information content (AvgIpc) is 2.20. The molecule has 0 saturated heterocycles. The Kier molecular flexibility index (Phi) is 3.99. The fraction of sp³-hybridized carbons (Fsp3) is 0.571. The van der Waals surface area contributed by atoms with E-state index in [1.165, 1.54) is 0 Å². The average molecular weight is 283 g/mol. The van der Waals surface area contributed by atoms with E-state index in [1.807, 2.05) is 26.8 Å². The smallest absolute Gasteiger partial charge is 0.407 e. The van der Waals surface area contributed by atoms with Crippen molar-refractivity contribution in [2.24, 2.45) is 0 Å². The molecule has 0 aliphatic heterocycles. The van der Waals surface area contributed by atoms with Crippen LogP contribution in [0.5, 0.6) is 0 Å². The quantitative estimate of drug-likeness (QED) is 0.903. The first-order chi connectivity index (χ1) is 8.83. The number of hydrogen-bond acceptors (Lipinski definition) is 3. The molecule has 1 aliphatic carbocycles. The van der Waals surface area contributed by atoms with Gasteiger partial charge in [-0.2, -0.15) is 0 Å². The Balaban J connectivity index is 1.79. The standard InChI is InChI=1S/C14H19ClN2O2/c1-14(2,3)19-13(18)17-11-6-9(7-11)12-8-10(15)4-5-16-12/h4-5,8-9,11H,6-7H2,1-3H3,(H,17,18)/t9-,11+. The first kappa shape index (κ1) is 14.1.